The van der Waals surface area contributed by atoms with E-state index in [-0.39, 0.29) is 11.5 Å². The zero-order valence-electron chi connectivity index (χ0n) is 9.32. The molecule has 0 fully saturated rings. The fraction of sp³-hybridized carbons (Fsp3) is 0.0769. The van der Waals surface area contributed by atoms with Crippen molar-refractivity contribution >= 4 is 37.5 Å². The zero-order chi connectivity index (χ0) is 13.1. The van der Waals surface area contributed by atoms with Gasteiger partial charge in [-0.25, -0.2) is 0 Å². The molecule has 0 aromatic heterocycles. The van der Waals surface area contributed by atoms with Gasteiger partial charge in [-0.15, -0.1) is 0 Å². The Labute approximate surface area is 122 Å². The van der Waals surface area contributed by atoms with E-state index >= 15 is 0 Å². The van der Waals surface area contributed by atoms with Crippen LogP contribution in [-0.2, 0) is 6.54 Å². The van der Waals surface area contributed by atoms with Crippen molar-refractivity contribution in [2.45, 2.75) is 6.54 Å². The van der Waals surface area contributed by atoms with Gasteiger partial charge in [-0.2, -0.15) is 0 Å². The van der Waals surface area contributed by atoms with Crippen LogP contribution in [0.25, 0.3) is 0 Å². The number of nitrogens with one attached hydrogen (secondary N) is 1. The second kappa shape index (κ2) is 5.63. The summed E-state index contributed by atoms with van der Waals surface area (Å²) in [5.74, 6) is -0.192. The van der Waals surface area contributed by atoms with Crippen LogP contribution in [0.4, 0.5) is 5.69 Å². The molecule has 2 rings (SSSR count). The molecule has 0 bridgehead atoms. The molecule has 5 heteroatoms. The molecule has 0 radical (unpaired) electrons. The van der Waals surface area contributed by atoms with Gasteiger partial charge in [0.2, 0.25) is 0 Å². The zero-order valence-corrected chi connectivity index (χ0v) is 12.5. The lowest BCUT2D eigenvalue weighted by Gasteiger charge is -2.10. The molecule has 0 atom stereocenters. The highest BCUT2D eigenvalue weighted by atomic mass is 79.9. The standard InChI is InChI=1S/C13H11Br2NO2/c14-9-4-5-11(10(15)6-9)16-7-8-2-1-3-12(17)13(8)18/h1-6,16-18H,7H2. The fourth-order valence-electron chi connectivity index (χ4n) is 1.54. The number of aromatic hydroxyl groups is 2. The Kier molecular flexibility index (Phi) is 4.14. The highest BCUT2D eigenvalue weighted by Gasteiger charge is 2.06. The number of rotatable bonds is 3. The average Bonchev–Trinajstić information content (AvgIpc) is 2.33. The molecule has 0 unspecified atom stereocenters. The molecule has 3 nitrogen and oxygen atoms in total. The Hall–Kier alpha value is -1.20. The van der Waals surface area contributed by atoms with E-state index in [4.69, 9.17) is 0 Å². The van der Waals surface area contributed by atoms with Gasteiger partial charge in [-0.3, -0.25) is 0 Å². The molecule has 0 aliphatic heterocycles. The number of phenols is 2. The molecule has 0 heterocycles. The summed E-state index contributed by atoms with van der Waals surface area (Å²) in [5, 5.41) is 22.3. The second-order valence-electron chi connectivity index (χ2n) is 3.76. The Morgan fingerprint density at radius 2 is 1.83 bits per heavy atom. The van der Waals surface area contributed by atoms with Crippen LogP contribution in [0.1, 0.15) is 5.56 Å². The quantitative estimate of drug-likeness (QED) is 0.706. The molecule has 0 aliphatic rings. The van der Waals surface area contributed by atoms with Gasteiger partial charge in [0.1, 0.15) is 0 Å². The van der Waals surface area contributed by atoms with Gasteiger partial charge in [-0.1, -0.05) is 28.1 Å². The van der Waals surface area contributed by atoms with Gasteiger partial charge < -0.3 is 15.5 Å². The number of hydrogen-bond acceptors (Lipinski definition) is 3. The molecule has 2 aromatic carbocycles. The normalized spacial score (nSPS) is 10.3. The highest BCUT2D eigenvalue weighted by Crippen LogP contribution is 2.30. The summed E-state index contributed by atoms with van der Waals surface area (Å²) in [6.07, 6.45) is 0. The third-order valence-electron chi connectivity index (χ3n) is 2.50. The molecule has 18 heavy (non-hydrogen) atoms. The van der Waals surface area contributed by atoms with E-state index in [1.807, 2.05) is 18.2 Å². The summed E-state index contributed by atoms with van der Waals surface area (Å²) >= 11 is 6.83. The average molecular weight is 373 g/mol. The van der Waals surface area contributed by atoms with Crippen molar-refractivity contribution in [1.29, 1.82) is 0 Å². The smallest absolute Gasteiger partial charge is 0.162 e. The third-order valence-corrected chi connectivity index (χ3v) is 3.65. The molecule has 94 valence electrons. The molecule has 0 aliphatic carbocycles. The van der Waals surface area contributed by atoms with Crippen LogP contribution in [0.3, 0.4) is 0 Å². The minimum absolute atomic E-state index is 0.0850. The van der Waals surface area contributed by atoms with Gasteiger partial charge in [0.15, 0.2) is 11.5 Å². The topological polar surface area (TPSA) is 52.5 Å². The molecule has 0 saturated carbocycles. The molecule has 0 amide bonds. The lowest BCUT2D eigenvalue weighted by atomic mass is 10.2. The first kappa shape index (κ1) is 13.2. The van der Waals surface area contributed by atoms with E-state index in [1.165, 1.54) is 6.07 Å². The number of anilines is 1. The molecule has 2 aromatic rings. The highest BCUT2D eigenvalue weighted by molar-refractivity contribution is 9.11. The maximum Gasteiger partial charge on any atom is 0.162 e. The molecule has 3 N–H and O–H groups in total. The van der Waals surface area contributed by atoms with Crippen LogP contribution in [0.5, 0.6) is 11.5 Å². The number of halogens is 2. The van der Waals surface area contributed by atoms with E-state index in [1.54, 1.807) is 12.1 Å². The van der Waals surface area contributed by atoms with Gasteiger partial charge in [0, 0.05) is 26.7 Å². The van der Waals surface area contributed by atoms with Crippen molar-refractivity contribution in [3.05, 3.63) is 50.9 Å². The number of hydrogen-bond donors (Lipinski definition) is 3. The maximum atomic E-state index is 9.68. The summed E-state index contributed by atoms with van der Waals surface area (Å²) < 4.78 is 1.91. The number of phenolic OH excluding ortho intramolecular Hbond substituents is 2. The van der Waals surface area contributed by atoms with Crippen LogP contribution >= 0.6 is 31.9 Å². The van der Waals surface area contributed by atoms with Gasteiger partial charge in [-0.05, 0) is 40.2 Å². The molecular weight excluding hydrogens is 362 g/mol. The number of benzene rings is 2. The summed E-state index contributed by atoms with van der Waals surface area (Å²) in [6.45, 7) is 0.431. The fourth-order valence-corrected chi connectivity index (χ4v) is 2.73. The first-order valence-electron chi connectivity index (χ1n) is 5.26. The van der Waals surface area contributed by atoms with Gasteiger partial charge in [0.05, 0.1) is 0 Å². The second-order valence-corrected chi connectivity index (χ2v) is 5.53. The van der Waals surface area contributed by atoms with Crippen molar-refractivity contribution in [3.63, 3.8) is 0 Å². The van der Waals surface area contributed by atoms with Crippen molar-refractivity contribution in [1.82, 2.24) is 0 Å². The van der Waals surface area contributed by atoms with E-state index in [0.717, 1.165) is 14.6 Å². The lowest BCUT2D eigenvalue weighted by molar-refractivity contribution is 0.400. The Bertz CT molecular complexity index is 573. The molecule has 0 saturated heterocycles. The van der Waals surface area contributed by atoms with Crippen LogP contribution in [-0.4, -0.2) is 10.2 Å². The van der Waals surface area contributed by atoms with Crippen LogP contribution in [0.15, 0.2) is 45.3 Å². The minimum atomic E-state index is -0.107. The number of para-hydroxylation sites is 1. The van der Waals surface area contributed by atoms with Gasteiger partial charge in [0.25, 0.3) is 0 Å². The first-order valence-corrected chi connectivity index (χ1v) is 6.85. The van der Waals surface area contributed by atoms with Crippen molar-refractivity contribution in [3.8, 4) is 11.5 Å². The Morgan fingerprint density at radius 3 is 2.56 bits per heavy atom. The van der Waals surface area contributed by atoms with E-state index in [2.05, 4.69) is 37.2 Å². The van der Waals surface area contributed by atoms with E-state index < -0.39 is 0 Å². The van der Waals surface area contributed by atoms with Crippen LogP contribution < -0.4 is 5.32 Å². The van der Waals surface area contributed by atoms with Crippen molar-refractivity contribution in [2.24, 2.45) is 0 Å². The Morgan fingerprint density at radius 1 is 1.06 bits per heavy atom. The monoisotopic (exact) mass is 371 g/mol. The Balaban J connectivity index is 2.14. The summed E-state index contributed by atoms with van der Waals surface area (Å²) in [5.41, 5.74) is 1.56. The lowest BCUT2D eigenvalue weighted by Crippen LogP contribution is -2.00. The van der Waals surface area contributed by atoms with Crippen molar-refractivity contribution in [2.75, 3.05) is 5.32 Å². The predicted molar refractivity (Wildman–Crippen MR) is 78.9 cm³/mol. The summed E-state index contributed by atoms with van der Waals surface area (Å²) in [6, 6.07) is 10.7. The van der Waals surface area contributed by atoms with Gasteiger partial charge >= 0.3 is 0 Å². The van der Waals surface area contributed by atoms with Crippen LogP contribution in [0, 0.1) is 0 Å². The maximum absolute atomic E-state index is 9.68. The van der Waals surface area contributed by atoms with Crippen LogP contribution in [0.2, 0.25) is 0 Å². The third kappa shape index (κ3) is 2.97. The molecular formula is C13H11Br2NO2. The largest absolute Gasteiger partial charge is 0.504 e. The van der Waals surface area contributed by atoms with Crippen molar-refractivity contribution < 1.29 is 10.2 Å². The SMILES string of the molecule is Oc1cccc(CNc2ccc(Br)cc2Br)c1O. The van der Waals surface area contributed by atoms with E-state index in [0.29, 0.717) is 12.1 Å². The van der Waals surface area contributed by atoms with E-state index in [9.17, 15) is 10.2 Å². The first-order chi connectivity index (χ1) is 8.58. The minimum Gasteiger partial charge on any atom is -0.504 e. The summed E-state index contributed by atoms with van der Waals surface area (Å²) in [7, 11) is 0. The predicted octanol–water partition coefficient (Wildman–Crippen LogP) is 4.23. The summed E-state index contributed by atoms with van der Waals surface area (Å²) in [4.78, 5) is 0. The molecule has 0 spiro atoms.